The first-order valence-corrected chi connectivity index (χ1v) is 5.68. The summed E-state index contributed by atoms with van der Waals surface area (Å²) >= 11 is 0. The maximum Gasteiger partial charge on any atom is 0.204 e. The van der Waals surface area contributed by atoms with Crippen molar-refractivity contribution in [3.63, 3.8) is 0 Å². The lowest BCUT2D eigenvalue weighted by Gasteiger charge is -2.22. The molecule has 0 radical (unpaired) electrons. The molecule has 2 aromatic rings. The zero-order valence-electron chi connectivity index (χ0n) is 9.51. The first-order chi connectivity index (χ1) is 8.61. The van der Waals surface area contributed by atoms with E-state index < -0.39 is 11.5 Å². The van der Waals surface area contributed by atoms with Gasteiger partial charge in [0.15, 0.2) is 11.5 Å². The van der Waals surface area contributed by atoms with Crippen molar-refractivity contribution in [1.29, 1.82) is 0 Å². The van der Waals surface area contributed by atoms with Crippen LogP contribution in [0.2, 0.25) is 0 Å². The Morgan fingerprint density at radius 2 is 1.39 bits per heavy atom. The number of fused-ring (bicyclic) bond motifs is 3. The third-order valence-corrected chi connectivity index (χ3v) is 3.43. The predicted octanol–water partition coefficient (Wildman–Crippen LogP) is 2.27. The van der Waals surface area contributed by atoms with E-state index in [4.69, 9.17) is 0 Å². The average Bonchev–Trinajstić information content (AvgIpc) is 2.41. The summed E-state index contributed by atoms with van der Waals surface area (Å²) in [5.41, 5.74) is 2.71. The zero-order valence-corrected chi connectivity index (χ0v) is 9.51. The van der Waals surface area contributed by atoms with Crippen LogP contribution in [0.3, 0.4) is 0 Å². The molecule has 92 valence electrons. The lowest BCUT2D eigenvalue weighted by molar-refractivity contribution is 0.344. The van der Waals surface area contributed by atoms with Crippen LogP contribution in [-0.2, 0) is 12.8 Å². The number of aryl methyl sites for hydroxylation is 1. The van der Waals surface area contributed by atoms with Crippen LogP contribution in [0.4, 0.5) is 0 Å². The quantitative estimate of drug-likeness (QED) is 0.423. The van der Waals surface area contributed by atoms with Crippen LogP contribution in [-0.4, -0.2) is 20.4 Å². The smallest absolute Gasteiger partial charge is 0.204 e. The van der Waals surface area contributed by atoms with E-state index in [1.54, 1.807) is 0 Å². The summed E-state index contributed by atoms with van der Waals surface area (Å²) in [6.45, 7) is 0. The second-order valence-corrected chi connectivity index (χ2v) is 4.41. The predicted molar refractivity (Wildman–Crippen MR) is 65.9 cm³/mol. The van der Waals surface area contributed by atoms with E-state index >= 15 is 0 Å². The van der Waals surface area contributed by atoms with Crippen LogP contribution in [0, 0.1) is 0 Å². The molecule has 0 heterocycles. The summed E-state index contributed by atoms with van der Waals surface area (Å²) in [6.07, 6.45) is 1.24. The number of hydrogen-bond donors (Lipinski definition) is 4. The minimum absolute atomic E-state index is 0.352. The summed E-state index contributed by atoms with van der Waals surface area (Å²) in [4.78, 5) is 0. The summed E-state index contributed by atoms with van der Waals surface area (Å²) in [7, 11) is 0. The third kappa shape index (κ3) is 1.26. The number of aromatic hydroxyl groups is 4. The SMILES string of the molecule is Oc1c(O)c(O)c2c(c1O)CCc1ccccc1-2. The van der Waals surface area contributed by atoms with Gasteiger partial charge in [0.25, 0.3) is 0 Å². The van der Waals surface area contributed by atoms with Crippen molar-refractivity contribution in [2.24, 2.45) is 0 Å². The lowest BCUT2D eigenvalue weighted by atomic mass is 9.84. The van der Waals surface area contributed by atoms with E-state index in [2.05, 4.69) is 0 Å². The van der Waals surface area contributed by atoms with Gasteiger partial charge < -0.3 is 20.4 Å². The third-order valence-electron chi connectivity index (χ3n) is 3.43. The van der Waals surface area contributed by atoms with E-state index in [1.807, 2.05) is 24.3 Å². The molecule has 1 aliphatic carbocycles. The van der Waals surface area contributed by atoms with Gasteiger partial charge in [-0.1, -0.05) is 24.3 Å². The molecule has 18 heavy (non-hydrogen) atoms. The molecule has 3 rings (SSSR count). The van der Waals surface area contributed by atoms with Crippen LogP contribution in [0.5, 0.6) is 23.0 Å². The second kappa shape index (κ2) is 3.57. The van der Waals surface area contributed by atoms with Gasteiger partial charge in [0.2, 0.25) is 11.5 Å². The monoisotopic (exact) mass is 244 g/mol. The molecule has 0 amide bonds. The van der Waals surface area contributed by atoms with E-state index in [-0.39, 0.29) is 11.5 Å². The number of phenols is 4. The fourth-order valence-corrected chi connectivity index (χ4v) is 2.52. The summed E-state index contributed by atoms with van der Waals surface area (Å²) in [5, 5.41) is 39.0. The maximum atomic E-state index is 9.97. The topological polar surface area (TPSA) is 80.9 Å². The average molecular weight is 244 g/mol. The Hall–Kier alpha value is -2.36. The molecule has 0 aliphatic heterocycles. The number of rotatable bonds is 0. The minimum Gasteiger partial charge on any atom is -0.504 e. The molecule has 0 saturated heterocycles. The molecule has 0 aromatic heterocycles. The highest BCUT2D eigenvalue weighted by molar-refractivity contribution is 5.85. The lowest BCUT2D eigenvalue weighted by Crippen LogP contribution is -2.04. The van der Waals surface area contributed by atoms with E-state index in [0.29, 0.717) is 17.5 Å². The number of phenolic OH excluding ortho intramolecular Hbond substituents is 4. The molecular formula is C14H12O4. The molecule has 0 fully saturated rings. The van der Waals surface area contributed by atoms with Crippen molar-refractivity contribution in [2.75, 3.05) is 0 Å². The van der Waals surface area contributed by atoms with Crippen LogP contribution >= 0.6 is 0 Å². The number of benzene rings is 2. The Kier molecular flexibility index (Phi) is 2.13. The minimum atomic E-state index is -0.678. The van der Waals surface area contributed by atoms with Crippen LogP contribution in [0.1, 0.15) is 11.1 Å². The van der Waals surface area contributed by atoms with Crippen molar-refractivity contribution in [1.82, 2.24) is 0 Å². The van der Waals surface area contributed by atoms with Crippen LogP contribution in [0.25, 0.3) is 11.1 Å². The zero-order chi connectivity index (χ0) is 12.9. The molecule has 4 N–H and O–H groups in total. The highest BCUT2D eigenvalue weighted by Crippen LogP contribution is 2.53. The molecule has 1 aliphatic rings. The number of hydrogen-bond acceptors (Lipinski definition) is 4. The van der Waals surface area contributed by atoms with Gasteiger partial charge in [0.05, 0.1) is 0 Å². The Morgan fingerprint density at radius 1 is 0.722 bits per heavy atom. The molecule has 0 atom stereocenters. The first-order valence-electron chi connectivity index (χ1n) is 5.68. The summed E-state index contributed by atoms with van der Waals surface area (Å²) < 4.78 is 0. The molecule has 0 saturated carbocycles. The van der Waals surface area contributed by atoms with Crippen LogP contribution in [0.15, 0.2) is 24.3 Å². The Balaban J connectivity index is 2.41. The fourth-order valence-electron chi connectivity index (χ4n) is 2.52. The molecule has 0 bridgehead atoms. The summed E-state index contributed by atoms with van der Waals surface area (Å²) in [5.74, 6) is -2.07. The normalized spacial score (nSPS) is 12.9. The van der Waals surface area contributed by atoms with Crippen LogP contribution < -0.4 is 0 Å². The highest BCUT2D eigenvalue weighted by Gasteiger charge is 2.27. The first kappa shape index (κ1) is 10.8. The standard InChI is InChI=1S/C14H12O4/c15-11-9-6-5-7-3-1-2-4-8(7)10(9)12(16)14(18)13(11)17/h1-4,15-18H,5-6H2. The molecule has 0 spiro atoms. The molecule has 4 nitrogen and oxygen atoms in total. The van der Waals surface area contributed by atoms with Gasteiger partial charge in [-0.2, -0.15) is 0 Å². The van der Waals surface area contributed by atoms with E-state index in [9.17, 15) is 20.4 Å². The van der Waals surface area contributed by atoms with E-state index in [0.717, 1.165) is 17.5 Å². The Labute approximate surface area is 103 Å². The van der Waals surface area contributed by atoms with Gasteiger partial charge in [0.1, 0.15) is 0 Å². The largest absolute Gasteiger partial charge is 0.504 e. The van der Waals surface area contributed by atoms with Gasteiger partial charge in [-0.25, -0.2) is 0 Å². The highest BCUT2D eigenvalue weighted by atomic mass is 16.3. The van der Waals surface area contributed by atoms with Crippen molar-refractivity contribution in [2.45, 2.75) is 12.8 Å². The van der Waals surface area contributed by atoms with Crippen molar-refractivity contribution < 1.29 is 20.4 Å². The summed E-state index contributed by atoms with van der Waals surface area (Å²) in [6, 6.07) is 7.50. The van der Waals surface area contributed by atoms with Gasteiger partial charge in [-0.15, -0.1) is 0 Å². The molecule has 4 heteroatoms. The van der Waals surface area contributed by atoms with Gasteiger partial charge in [-0.3, -0.25) is 0 Å². The molecule has 2 aromatic carbocycles. The van der Waals surface area contributed by atoms with Gasteiger partial charge >= 0.3 is 0 Å². The van der Waals surface area contributed by atoms with Gasteiger partial charge in [-0.05, 0) is 24.0 Å². The van der Waals surface area contributed by atoms with Crippen molar-refractivity contribution in [3.8, 4) is 34.1 Å². The fraction of sp³-hybridized carbons (Fsp3) is 0.143. The van der Waals surface area contributed by atoms with E-state index in [1.165, 1.54) is 0 Å². The molecular weight excluding hydrogens is 232 g/mol. The molecule has 0 unspecified atom stereocenters. The second-order valence-electron chi connectivity index (χ2n) is 4.41. The van der Waals surface area contributed by atoms with Crippen molar-refractivity contribution >= 4 is 0 Å². The van der Waals surface area contributed by atoms with Gasteiger partial charge in [0, 0.05) is 11.1 Å². The Morgan fingerprint density at radius 3 is 2.17 bits per heavy atom. The maximum absolute atomic E-state index is 9.97. The Bertz CT molecular complexity index is 647. The van der Waals surface area contributed by atoms with Crippen molar-refractivity contribution in [3.05, 3.63) is 35.4 Å².